The topological polar surface area (TPSA) is 99.4 Å². The first-order valence-electron chi connectivity index (χ1n) is 11.2. The minimum atomic E-state index is -4.83. The van der Waals surface area contributed by atoms with E-state index in [9.17, 15) is 22.4 Å². The quantitative estimate of drug-likeness (QED) is 0.463. The van der Waals surface area contributed by atoms with Crippen LogP contribution in [0.2, 0.25) is 0 Å². The predicted octanol–water partition coefficient (Wildman–Crippen LogP) is 4.42. The summed E-state index contributed by atoms with van der Waals surface area (Å²) in [6, 6.07) is 9.24. The molecule has 0 aliphatic carbocycles. The molecule has 2 atom stereocenters. The van der Waals surface area contributed by atoms with E-state index in [1.807, 2.05) is 0 Å². The first-order chi connectivity index (χ1) is 17.2. The summed E-state index contributed by atoms with van der Waals surface area (Å²) >= 11 is 0. The highest BCUT2D eigenvalue weighted by atomic mass is 19.4. The van der Waals surface area contributed by atoms with Crippen LogP contribution in [0, 0.1) is 5.82 Å². The van der Waals surface area contributed by atoms with Gasteiger partial charge in [0.25, 0.3) is 5.91 Å². The molecular formula is C25H24F4N4O3. The Labute approximate surface area is 204 Å². The number of nitrogens with one attached hydrogen (secondary N) is 1. The number of hydrogen-bond donors (Lipinski definition) is 2. The molecule has 0 spiro atoms. The Morgan fingerprint density at radius 3 is 2.64 bits per heavy atom. The number of hydrogen-bond acceptors (Lipinski definition) is 6. The molecule has 1 aromatic heterocycles. The van der Waals surface area contributed by atoms with Crippen LogP contribution in [0.15, 0.2) is 48.7 Å². The van der Waals surface area contributed by atoms with Gasteiger partial charge in [-0.25, -0.2) is 9.37 Å². The van der Waals surface area contributed by atoms with E-state index >= 15 is 0 Å². The van der Waals surface area contributed by atoms with E-state index in [1.165, 1.54) is 12.3 Å². The van der Waals surface area contributed by atoms with Gasteiger partial charge in [-0.3, -0.25) is 4.79 Å². The summed E-state index contributed by atoms with van der Waals surface area (Å²) < 4.78 is 64.4. The third kappa shape index (κ3) is 5.80. The normalized spacial score (nSPS) is 16.6. The van der Waals surface area contributed by atoms with Crippen molar-refractivity contribution in [2.75, 3.05) is 13.2 Å². The number of carbonyl (C=O) groups is 1. The average molecular weight is 504 g/mol. The molecular weight excluding hydrogens is 480 g/mol. The van der Waals surface area contributed by atoms with Gasteiger partial charge in [0, 0.05) is 19.2 Å². The van der Waals surface area contributed by atoms with Crippen molar-refractivity contribution in [1.29, 1.82) is 0 Å². The van der Waals surface area contributed by atoms with Gasteiger partial charge in [-0.2, -0.15) is 18.2 Å². The molecule has 36 heavy (non-hydrogen) atoms. The highest BCUT2D eigenvalue weighted by molar-refractivity contribution is 5.92. The third-order valence-electron chi connectivity index (χ3n) is 5.81. The maximum absolute atomic E-state index is 13.9. The molecule has 190 valence electrons. The molecule has 4 rings (SSSR count). The molecule has 1 saturated heterocycles. The lowest BCUT2D eigenvalue weighted by Gasteiger charge is -2.17. The van der Waals surface area contributed by atoms with E-state index < -0.39 is 29.5 Å². The number of amides is 1. The van der Waals surface area contributed by atoms with Crippen LogP contribution in [0.1, 0.15) is 46.6 Å². The number of nitrogens with zero attached hydrogens (tertiary/aromatic N) is 2. The van der Waals surface area contributed by atoms with E-state index in [-0.39, 0.29) is 35.5 Å². The van der Waals surface area contributed by atoms with E-state index in [4.69, 9.17) is 15.2 Å². The molecule has 1 aliphatic heterocycles. The van der Waals surface area contributed by atoms with E-state index in [0.29, 0.717) is 24.3 Å². The maximum Gasteiger partial charge on any atom is 0.419 e. The Morgan fingerprint density at radius 1 is 1.25 bits per heavy atom. The van der Waals surface area contributed by atoms with Crippen LogP contribution in [-0.4, -0.2) is 35.2 Å². The number of benzene rings is 2. The summed E-state index contributed by atoms with van der Waals surface area (Å²) in [4.78, 5) is 20.9. The molecule has 1 amide bonds. The van der Waals surface area contributed by atoms with Crippen molar-refractivity contribution >= 4 is 5.91 Å². The van der Waals surface area contributed by atoms with Crippen molar-refractivity contribution in [3.05, 3.63) is 76.9 Å². The molecule has 11 heteroatoms. The highest BCUT2D eigenvalue weighted by Crippen LogP contribution is 2.36. The standard InChI is InChI=1S/C25H24F4N4O3/c1-14(32-23(34)22-6-8-31-24(33-22)36-18-7-9-35-13-18)15-2-4-16(5-3-15)19-11-20(25(27,28)29)21(26)10-17(19)12-30/h2-6,8,10-11,14,18H,7,9,12-13,30H2,1H3,(H,32,34)/t14-,18-/m1/s1. The van der Waals surface area contributed by atoms with E-state index in [1.54, 1.807) is 31.2 Å². The lowest BCUT2D eigenvalue weighted by Crippen LogP contribution is -2.28. The molecule has 0 saturated carbocycles. The molecule has 0 radical (unpaired) electrons. The van der Waals surface area contributed by atoms with Gasteiger partial charge >= 0.3 is 12.2 Å². The number of nitrogens with two attached hydrogens (primary N) is 1. The fraction of sp³-hybridized carbons (Fsp3) is 0.320. The summed E-state index contributed by atoms with van der Waals surface area (Å²) in [5.41, 5.74) is 6.00. The summed E-state index contributed by atoms with van der Waals surface area (Å²) in [7, 11) is 0. The SMILES string of the molecule is C[C@@H](NC(=O)c1ccnc(O[C@@H]2CCOC2)n1)c1ccc(-c2cc(C(F)(F)F)c(F)cc2CN)cc1. The predicted molar refractivity (Wildman–Crippen MR) is 122 cm³/mol. The minimum Gasteiger partial charge on any atom is -0.458 e. The number of rotatable bonds is 7. The zero-order valence-corrected chi connectivity index (χ0v) is 19.3. The van der Waals surface area contributed by atoms with Crippen molar-refractivity contribution in [3.63, 3.8) is 0 Å². The number of aromatic nitrogens is 2. The highest BCUT2D eigenvalue weighted by Gasteiger charge is 2.35. The molecule has 3 N–H and O–H groups in total. The van der Waals surface area contributed by atoms with Gasteiger partial charge in [0.05, 0.1) is 24.8 Å². The fourth-order valence-electron chi connectivity index (χ4n) is 3.85. The van der Waals surface area contributed by atoms with Gasteiger partial charge in [-0.15, -0.1) is 0 Å². The summed E-state index contributed by atoms with van der Waals surface area (Å²) in [6.07, 6.45) is -2.84. The van der Waals surface area contributed by atoms with Crippen molar-refractivity contribution in [2.24, 2.45) is 5.73 Å². The van der Waals surface area contributed by atoms with Gasteiger partial charge in [-0.1, -0.05) is 24.3 Å². The van der Waals surface area contributed by atoms with Crippen molar-refractivity contribution in [3.8, 4) is 17.1 Å². The van der Waals surface area contributed by atoms with Crippen molar-refractivity contribution < 1.29 is 31.8 Å². The third-order valence-corrected chi connectivity index (χ3v) is 5.81. The molecule has 2 heterocycles. The smallest absolute Gasteiger partial charge is 0.419 e. The first kappa shape index (κ1) is 25.5. The van der Waals surface area contributed by atoms with Gasteiger partial charge in [0.1, 0.15) is 17.6 Å². The van der Waals surface area contributed by atoms with Gasteiger partial charge < -0.3 is 20.5 Å². The Kier molecular flexibility index (Phi) is 7.51. The maximum atomic E-state index is 13.9. The first-order valence-corrected chi connectivity index (χ1v) is 11.2. The Bertz CT molecular complexity index is 1230. The number of carbonyl (C=O) groups excluding carboxylic acids is 1. The Balaban J connectivity index is 1.48. The molecule has 1 aliphatic rings. The number of halogens is 4. The van der Waals surface area contributed by atoms with Gasteiger partial charge in [0.15, 0.2) is 0 Å². The second kappa shape index (κ2) is 10.6. The Morgan fingerprint density at radius 2 is 2.00 bits per heavy atom. The molecule has 7 nitrogen and oxygen atoms in total. The van der Waals surface area contributed by atoms with Gasteiger partial charge in [-0.05, 0) is 47.4 Å². The second-order valence-electron chi connectivity index (χ2n) is 8.34. The monoisotopic (exact) mass is 504 g/mol. The van der Waals surface area contributed by atoms with Crippen molar-refractivity contribution in [2.45, 2.75) is 38.2 Å². The van der Waals surface area contributed by atoms with Gasteiger partial charge in [0.2, 0.25) is 0 Å². The molecule has 1 fully saturated rings. The van der Waals surface area contributed by atoms with Crippen molar-refractivity contribution in [1.82, 2.24) is 15.3 Å². The average Bonchev–Trinajstić information content (AvgIpc) is 3.36. The van der Waals surface area contributed by atoms with Crippen LogP contribution >= 0.6 is 0 Å². The zero-order valence-electron chi connectivity index (χ0n) is 19.3. The number of alkyl halides is 3. The van der Waals surface area contributed by atoms with Crippen LogP contribution in [0.4, 0.5) is 17.6 Å². The Hall–Kier alpha value is -3.57. The molecule has 0 bridgehead atoms. The van der Waals surface area contributed by atoms with Crippen LogP contribution in [0.3, 0.4) is 0 Å². The summed E-state index contributed by atoms with van der Waals surface area (Å²) in [5, 5.41) is 2.82. The lowest BCUT2D eigenvalue weighted by molar-refractivity contribution is -0.139. The van der Waals surface area contributed by atoms with E-state index in [2.05, 4.69) is 15.3 Å². The fourth-order valence-corrected chi connectivity index (χ4v) is 3.85. The van der Waals surface area contributed by atoms with E-state index in [0.717, 1.165) is 18.6 Å². The summed E-state index contributed by atoms with van der Waals surface area (Å²) in [5.74, 6) is -1.81. The zero-order chi connectivity index (χ0) is 25.9. The molecule has 3 aromatic rings. The molecule has 2 aromatic carbocycles. The summed E-state index contributed by atoms with van der Waals surface area (Å²) in [6.45, 7) is 2.66. The van der Waals surface area contributed by atoms with Crippen LogP contribution in [0.25, 0.3) is 11.1 Å². The number of ether oxygens (including phenoxy) is 2. The minimum absolute atomic E-state index is 0.0865. The van der Waals surface area contributed by atoms with Crippen LogP contribution < -0.4 is 15.8 Å². The second-order valence-corrected chi connectivity index (χ2v) is 8.34. The molecule has 0 unspecified atom stereocenters. The largest absolute Gasteiger partial charge is 0.458 e. The lowest BCUT2D eigenvalue weighted by atomic mass is 9.95. The van der Waals surface area contributed by atoms with Crippen LogP contribution in [-0.2, 0) is 17.5 Å². The van der Waals surface area contributed by atoms with Crippen LogP contribution in [0.5, 0.6) is 6.01 Å².